The highest BCUT2D eigenvalue weighted by Gasteiger charge is 2.23. The number of hydrogen-bond donors (Lipinski definition) is 0. The highest BCUT2D eigenvalue weighted by molar-refractivity contribution is 5.70. The van der Waals surface area contributed by atoms with Gasteiger partial charge in [-0.1, -0.05) is 0 Å². The molecule has 0 unspecified atom stereocenters. The van der Waals surface area contributed by atoms with Crippen LogP contribution in [0.3, 0.4) is 0 Å². The normalized spacial score (nSPS) is 9.92. The van der Waals surface area contributed by atoms with Crippen LogP contribution in [0.15, 0.2) is 42.5 Å². The van der Waals surface area contributed by atoms with E-state index in [1.165, 1.54) is 0 Å². The number of non-ortho nitro benzene ring substituents is 2. The number of nitro benzene ring substituents is 3. The highest BCUT2D eigenvalue weighted by atomic mass is 16.7. The molecule has 0 amide bonds. The van der Waals surface area contributed by atoms with Gasteiger partial charge in [0.15, 0.2) is 0 Å². The maximum absolute atomic E-state index is 11.7. The van der Waals surface area contributed by atoms with E-state index in [0.29, 0.717) is 6.07 Å². The van der Waals surface area contributed by atoms with Crippen molar-refractivity contribution in [1.29, 1.82) is 0 Å². The van der Waals surface area contributed by atoms with Gasteiger partial charge in [-0.2, -0.15) is 0 Å². The van der Waals surface area contributed by atoms with Crippen LogP contribution in [0, 0.1) is 30.3 Å². The number of carbonyl (C=O) groups is 1. The maximum Gasteiger partial charge on any atom is 0.519 e. The number of nitrogens with zero attached hydrogens (tertiary/aromatic N) is 3. The molecule has 128 valence electrons. The summed E-state index contributed by atoms with van der Waals surface area (Å²) in [5.41, 5.74) is -1.58. The average Bonchev–Trinajstić information content (AvgIpc) is 2.55. The zero-order valence-electron chi connectivity index (χ0n) is 12.1. The number of rotatable bonds is 5. The molecule has 0 aliphatic carbocycles. The summed E-state index contributed by atoms with van der Waals surface area (Å²) < 4.78 is 9.39. The standard InChI is InChI=1S/C13H7N3O9/c17-13(24-10-4-1-8(2-5-10)14(18)19)25-12-6-3-9(15(20)21)7-11(12)16(22)23/h1-7H. The van der Waals surface area contributed by atoms with Crippen molar-refractivity contribution in [3.05, 3.63) is 72.8 Å². The summed E-state index contributed by atoms with van der Waals surface area (Å²) in [6.45, 7) is 0. The van der Waals surface area contributed by atoms with Crippen molar-refractivity contribution in [2.24, 2.45) is 0 Å². The first-order chi connectivity index (χ1) is 11.8. The number of benzene rings is 2. The van der Waals surface area contributed by atoms with Crippen molar-refractivity contribution < 1.29 is 29.0 Å². The second kappa shape index (κ2) is 6.99. The molecule has 0 fully saturated rings. The molecule has 2 rings (SSSR count). The smallest absolute Gasteiger partial charge is 0.395 e. The lowest BCUT2D eigenvalue weighted by Crippen LogP contribution is -2.14. The Kier molecular flexibility index (Phi) is 4.83. The fraction of sp³-hybridized carbons (Fsp3) is 0. The predicted molar refractivity (Wildman–Crippen MR) is 79.5 cm³/mol. The van der Waals surface area contributed by atoms with Crippen LogP contribution in [-0.2, 0) is 0 Å². The first-order valence-corrected chi connectivity index (χ1v) is 6.35. The largest absolute Gasteiger partial charge is 0.519 e. The van der Waals surface area contributed by atoms with Crippen molar-refractivity contribution in [2.75, 3.05) is 0 Å². The van der Waals surface area contributed by atoms with Crippen molar-refractivity contribution in [3.8, 4) is 11.5 Å². The summed E-state index contributed by atoms with van der Waals surface area (Å²) >= 11 is 0. The Bertz CT molecular complexity index is 864. The first-order valence-electron chi connectivity index (χ1n) is 6.35. The Morgan fingerprint density at radius 1 is 0.760 bits per heavy atom. The van der Waals surface area contributed by atoms with E-state index in [1.54, 1.807) is 0 Å². The van der Waals surface area contributed by atoms with E-state index >= 15 is 0 Å². The molecule has 0 atom stereocenters. The first kappa shape index (κ1) is 17.3. The van der Waals surface area contributed by atoms with E-state index in [1.807, 2.05) is 0 Å². The van der Waals surface area contributed by atoms with E-state index in [0.717, 1.165) is 36.4 Å². The van der Waals surface area contributed by atoms with Gasteiger partial charge in [-0.15, -0.1) is 0 Å². The third-order valence-corrected chi connectivity index (χ3v) is 2.79. The Hall–Kier alpha value is -4.09. The summed E-state index contributed by atoms with van der Waals surface area (Å²) in [4.78, 5) is 41.3. The molecule has 2 aromatic carbocycles. The van der Waals surface area contributed by atoms with Gasteiger partial charge < -0.3 is 9.47 Å². The summed E-state index contributed by atoms with van der Waals surface area (Å²) in [6.07, 6.45) is -1.36. The molecule has 2 aromatic rings. The molecule has 0 aliphatic heterocycles. The molecule has 0 radical (unpaired) electrons. The van der Waals surface area contributed by atoms with E-state index < -0.39 is 38.0 Å². The van der Waals surface area contributed by atoms with Crippen LogP contribution in [0.5, 0.6) is 11.5 Å². The molecule has 25 heavy (non-hydrogen) atoms. The number of ether oxygens (including phenoxy) is 2. The van der Waals surface area contributed by atoms with Crippen LogP contribution in [0.2, 0.25) is 0 Å². The Morgan fingerprint density at radius 3 is 1.84 bits per heavy atom. The molecular weight excluding hydrogens is 342 g/mol. The second-order valence-corrected chi connectivity index (χ2v) is 4.37. The Morgan fingerprint density at radius 2 is 1.32 bits per heavy atom. The van der Waals surface area contributed by atoms with Crippen molar-refractivity contribution in [3.63, 3.8) is 0 Å². The molecule has 0 N–H and O–H groups in total. The molecule has 12 heteroatoms. The zero-order chi connectivity index (χ0) is 18.6. The molecule has 0 saturated carbocycles. The van der Waals surface area contributed by atoms with Crippen LogP contribution in [0.1, 0.15) is 0 Å². The van der Waals surface area contributed by atoms with E-state index in [9.17, 15) is 35.1 Å². The van der Waals surface area contributed by atoms with Gasteiger partial charge in [-0.25, -0.2) is 4.79 Å². The van der Waals surface area contributed by atoms with E-state index in [-0.39, 0.29) is 11.4 Å². The molecule has 0 aromatic heterocycles. The number of hydrogen-bond acceptors (Lipinski definition) is 9. The molecule has 0 spiro atoms. The fourth-order valence-corrected chi connectivity index (χ4v) is 1.69. The summed E-state index contributed by atoms with van der Waals surface area (Å²) in [6, 6.07) is 6.85. The second-order valence-electron chi connectivity index (χ2n) is 4.37. The lowest BCUT2D eigenvalue weighted by molar-refractivity contribution is -0.394. The van der Waals surface area contributed by atoms with Crippen molar-refractivity contribution >= 4 is 23.2 Å². The van der Waals surface area contributed by atoms with Crippen LogP contribution < -0.4 is 9.47 Å². The molecular formula is C13H7N3O9. The molecule has 12 nitrogen and oxygen atoms in total. The third-order valence-electron chi connectivity index (χ3n) is 2.79. The predicted octanol–water partition coefficient (Wildman–Crippen LogP) is 2.99. The lowest BCUT2D eigenvalue weighted by Gasteiger charge is -2.05. The zero-order valence-corrected chi connectivity index (χ0v) is 12.1. The van der Waals surface area contributed by atoms with Crippen LogP contribution in [0.25, 0.3) is 0 Å². The number of nitro groups is 3. The molecule has 0 aliphatic rings. The number of carbonyl (C=O) groups excluding carboxylic acids is 1. The summed E-state index contributed by atoms with van der Waals surface area (Å²) in [5.74, 6) is -0.650. The van der Waals surface area contributed by atoms with Crippen molar-refractivity contribution in [1.82, 2.24) is 0 Å². The van der Waals surface area contributed by atoms with Crippen LogP contribution in [0.4, 0.5) is 21.9 Å². The van der Waals surface area contributed by atoms with Crippen LogP contribution in [-0.4, -0.2) is 20.9 Å². The third kappa shape index (κ3) is 4.22. The Balaban J connectivity index is 2.15. The van der Waals surface area contributed by atoms with E-state index in [4.69, 9.17) is 4.74 Å². The molecule has 0 heterocycles. The highest BCUT2D eigenvalue weighted by Crippen LogP contribution is 2.31. The summed E-state index contributed by atoms with van der Waals surface area (Å²) in [5, 5.41) is 32.1. The minimum Gasteiger partial charge on any atom is -0.395 e. The SMILES string of the molecule is O=C(Oc1ccc([N+](=O)[O-])cc1)Oc1ccc([N+](=O)[O-])cc1[N+](=O)[O-]. The monoisotopic (exact) mass is 349 g/mol. The van der Waals surface area contributed by atoms with Gasteiger partial charge in [-0.3, -0.25) is 30.3 Å². The van der Waals surface area contributed by atoms with Gasteiger partial charge in [0.2, 0.25) is 5.75 Å². The minimum absolute atomic E-state index is 0.0971. The quantitative estimate of drug-likeness (QED) is 0.341. The topological polar surface area (TPSA) is 165 Å². The van der Waals surface area contributed by atoms with Gasteiger partial charge in [0.1, 0.15) is 5.75 Å². The fourth-order valence-electron chi connectivity index (χ4n) is 1.69. The average molecular weight is 349 g/mol. The minimum atomic E-state index is -1.36. The van der Waals surface area contributed by atoms with Gasteiger partial charge in [-0.05, 0) is 18.2 Å². The van der Waals surface area contributed by atoms with Gasteiger partial charge in [0, 0.05) is 18.2 Å². The molecule has 0 saturated heterocycles. The van der Waals surface area contributed by atoms with E-state index in [2.05, 4.69) is 4.74 Å². The summed E-state index contributed by atoms with van der Waals surface area (Å²) in [7, 11) is 0. The Labute approximate surface area is 137 Å². The van der Waals surface area contributed by atoms with Crippen molar-refractivity contribution in [2.45, 2.75) is 0 Å². The van der Waals surface area contributed by atoms with Gasteiger partial charge in [0.05, 0.1) is 20.8 Å². The maximum atomic E-state index is 11.7. The van der Waals surface area contributed by atoms with Crippen LogP contribution >= 0.6 is 0 Å². The van der Waals surface area contributed by atoms with Gasteiger partial charge in [0.25, 0.3) is 11.4 Å². The van der Waals surface area contributed by atoms with Gasteiger partial charge >= 0.3 is 11.8 Å². The lowest BCUT2D eigenvalue weighted by atomic mass is 10.2. The molecule has 0 bridgehead atoms.